The van der Waals surface area contributed by atoms with Crippen LogP contribution in [0.5, 0.6) is 0 Å². The van der Waals surface area contributed by atoms with E-state index in [9.17, 15) is 29.4 Å². The molecule has 2 N–H and O–H groups in total. The lowest BCUT2D eigenvalue weighted by molar-refractivity contribution is -0.366. The lowest BCUT2D eigenvalue weighted by atomic mass is 9.82. The summed E-state index contributed by atoms with van der Waals surface area (Å²) in [5, 5.41) is 24.2. The van der Waals surface area contributed by atoms with E-state index >= 15 is 0 Å². The number of rotatable bonds is 15. The summed E-state index contributed by atoms with van der Waals surface area (Å²) in [5.74, 6) is -2.58. The predicted molar refractivity (Wildman–Crippen MR) is 250 cm³/mol. The van der Waals surface area contributed by atoms with Gasteiger partial charge < -0.3 is 67.3 Å². The second kappa shape index (κ2) is 26.0. The first-order chi connectivity index (χ1) is 31.9. The van der Waals surface area contributed by atoms with Crippen molar-refractivity contribution < 1.29 is 76.8 Å². The van der Waals surface area contributed by atoms with Gasteiger partial charge in [-0.1, -0.05) is 45.1 Å². The van der Waals surface area contributed by atoms with E-state index in [1.807, 2.05) is 66.1 Å². The zero-order valence-electron chi connectivity index (χ0n) is 43.1. The lowest BCUT2D eigenvalue weighted by Crippen LogP contribution is -2.67. The second-order valence-electron chi connectivity index (χ2n) is 20.5. The van der Waals surface area contributed by atoms with E-state index in [0.29, 0.717) is 19.3 Å². The maximum Gasteiger partial charge on any atom is 0.309 e. The third-order valence-electron chi connectivity index (χ3n) is 13.6. The van der Waals surface area contributed by atoms with Gasteiger partial charge in [-0.2, -0.15) is 0 Å². The van der Waals surface area contributed by atoms with Gasteiger partial charge in [-0.15, -0.1) is 0 Å². The second-order valence-corrected chi connectivity index (χ2v) is 20.5. The highest BCUT2D eigenvalue weighted by molar-refractivity contribution is 5.72. The topological polar surface area (TPSA) is 208 Å². The van der Waals surface area contributed by atoms with Gasteiger partial charge in [0.1, 0.15) is 36.3 Å². The number of allylic oxidation sites excluding steroid dienone is 2. The molecule has 0 saturated carbocycles. The molecular formula is C50H84N2O16. The van der Waals surface area contributed by atoms with Crippen LogP contribution in [0, 0.1) is 17.8 Å². The van der Waals surface area contributed by atoms with E-state index in [1.165, 1.54) is 14.0 Å². The molecule has 0 amide bonds. The van der Waals surface area contributed by atoms with Crippen molar-refractivity contribution in [2.75, 3.05) is 35.3 Å². The van der Waals surface area contributed by atoms with Crippen LogP contribution in [-0.4, -0.2) is 177 Å². The van der Waals surface area contributed by atoms with Crippen LogP contribution in [0.2, 0.25) is 0 Å². The minimum Gasteiger partial charge on any atom is -0.462 e. The van der Waals surface area contributed by atoms with Crippen molar-refractivity contribution >= 4 is 24.2 Å². The fourth-order valence-corrected chi connectivity index (χ4v) is 10.1. The van der Waals surface area contributed by atoms with Crippen LogP contribution in [0.4, 0.5) is 0 Å². The normalized spacial score (nSPS) is 41.2. The zero-order chi connectivity index (χ0) is 50.7. The highest BCUT2D eigenvalue weighted by Gasteiger charge is 2.55. The number of methoxy groups -OCH3 is 1. The number of nitrogens with zero attached hydrogens (tertiary/aromatic N) is 2. The largest absolute Gasteiger partial charge is 0.462 e. The SMILES string of the molecule is COC1C(OC(C)=O)CC(=O)OC(C)C/C=C/C=C/C(OC2CCC(N(C)C)C(C)O2)C(C)CC(CC=O)C1OC1CC(O)(N(C)C)C(OC2CC(C)(O)C(OC(=O)CC(C)C)C(C)O2)C(C)O1. The Kier molecular flexibility index (Phi) is 22.1. The standard InChI is InChI=1S/C50H84N2O16/c1-29(2)24-40(55)66-47-33(6)62-43(27-49(47,9)57)68-48-34(7)63-44(28-50(48,58)52(12)13)67-45-36(22-23-53)25-30(3)38(65-42-21-20-37(51(10)11)32(5)61-42)19-17-15-16-18-31(4)60-41(56)26-39(46(45)59-14)64-35(8)54/h15-17,19,23,29-34,36-39,42-48,57-58H,18,20-22,24-28H2,1-14H3/b16-15+,19-17+. The molecule has 18 atom stereocenters. The number of hydrogen-bond acceptors (Lipinski definition) is 18. The number of carbonyl (C=O) groups excluding carboxylic acids is 4. The quantitative estimate of drug-likeness (QED) is 0.0974. The van der Waals surface area contributed by atoms with Crippen LogP contribution in [0.3, 0.4) is 0 Å². The maximum atomic E-state index is 13.5. The van der Waals surface area contributed by atoms with Gasteiger partial charge in [-0.3, -0.25) is 19.3 Å². The van der Waals surface area contributed by atoms with E-state index in [2.05, 4.69) is 4.90 Å². The van der Waals surface area contributed by atoms with Crippen LogP contribution in [0.25, 0.3) is 0 Å². The maximum absolute atomic E-state index is 13.5. The molecule has 68 heavy (non-hydrogen) atoms. The third kappa shape index (κ3) is 16.1. The molecule has 0 spiro atoms. The molecule has 4 aliphatic heterocycles. The van der Waals surface area contributed by atoms with Crippen LogP contribution >= 0.6 is 0 Å². The van der Waals surface area contributed by atoms with Gasteiger partial charge in [0.15, 0.2) is 30.7 Å². The molecule has 390 valence electrons. The van der Waals surface area contributed by atoms with Gasteiger partial charge >= 0.3 is 17.9 Å². The molecule has 0 bridgehead atoms. The first-order valence-electron chi connectivity index (χ1n) is 24.5. The Morgan fingerprint density at radius 1 is 0.868 bits per heavy atom. The summed E-state index contributed by atoms with van der Waals surface area (Å²) in [5.41, 5.74) is -3.30. The number of carbonyl (C=O) groups is 4. The number of ether oxygens (including phenoxy) is 10. The van der Waals surface area contributed by atoms with Crippen LogP contribution in [-0.2, 0) is 66.5 Å². The van der Waals surface area contributed by atoms with Gasteiger partial charge in [-0.05, 0) is 99.8 Å². The average Bonchev–Trinajstić information content (AvgIpc) is 3.21. The van der Waals surface area contributed by atoms with Crippen LogP contribution in [0.1, 0.15) is 120 Å². The minimum absolute atomic E-state index is 0.0299. The summed E-state index contributed by atoms with van der Waals surface area (Å²) in [6, 6.07) is 0.238. The molecule has 4 aliphatic rings. The number of aldehydes is 1. The number of likely N-dealkylation sites (N-methyl/N-ethyl adjacent to an activating group) is 2. The fourth-order valence-electron chi connectivity index (χ4n) is 10.1. The van der Waals surface area contributed by atoms with Gasteiger partial charge in [0.2, 0.25) is 0 Å². The Balaban J connectivity index is 1.69. The van der Waals surface area contributed by atoms with Crippen molar-refractivity contribution in [2.45, 2.75) is 217 Å². The van der Waals surface area contributed by atoms with E-state index < -0.39 is 109 Å². The molecule has 3 saturated heterocycles. The molecule has 0 aromatic carbocycles. The predicted octanol–water partition coefficient (Wildman–Crippen LogP) is 4.84. The Labute approximate surface area is 404 Å². The molecule has 3 fully saturated rings. The van der Waals surface area contributed by atoms with E-state index in [1.54, 1.807) is 46.7 Å². The molecule has 0 aliphatic carbocycles. The Morgan fingerprint density at radius 2 is 1.51 bits per heavy atom. The Hall–Kier alpha value is -2.88. The van der Waals surface area contributed by atoms with E-state index in [-0.39, 0.29) is 56.1 Å². The summed E-state index contributed by atoms with van der Waals surface area (Å²) in [4.78, 5) is 55.3. The van der Waals surface area contributed by atoms with Crippen molar-refractivity contribution in [1.29, 1.82) is 0 Å². The molecule has 18 nitrogen and oxygen atoms in total. The van der Waals surface area contributed by atoms with E-state index in [0.717, 1.165) is 12.7 Å². The molecule has 0 aromatic heterocycles. The van der Waals surface area contributed by atoms with Crippen molar-refractivity contribution in [2.24, 2.45) is 17.8 Å². The average molecular weight is 969 g/mol. The lowest BCUT2D eigenvalue weighted by Gasteiger charge is -2.52. The molecule has 18 unspecified atom stereocenters. The summed E-state index contributed by atoms with van der Waals surface area (Å²) >= 11 is 0. The first kappa shape index (κ1) is 57.7. The molecule has 4 heterocycles. The van der Waals surface area contributed by atoms with Crippen molar-refractivity contribution in [3.05, 3.63) is 24.3 Å². The minimum atomic E-state index is -1.77. The molecule has 4 rings (SSSR count). The monoisotopic (exact) mass is 969 g/mol. The highest BCUT2D eigenvalue weighted by atomic mass is 16.7. The summed E-state index contributed by atoms with van der Waals surface area (Å²) in [6.45, 7) is 15.8. The van der Waals surface area contributed by atoms with Crippen LogP contribution in [0.15, 0.2) is 24.3 Å². The molecule has 18 heteroatoms. The zero-order valence-corrected chi connectivity index (χ0v) is 43.1. The van der Waals surface area contributed by atoms with Crippen LogP contribution < -0.4 is 0 Å². The first-order valence-corrected chi connectivity index (χ1v) is 24.5. The summed E-state index contributed by atoms with van der Waals surface area (Å²) in [7, 11) is 8.85. The summed E-state index contributed by atoms with van der Waals surface area (Å²) in [6.07, 6.45) is -0.632. The van der Waals surface area contributed by atoms with Gasteiger partial charge in [-0.25, -0.2) is 0 Å². The Morgan fingerprint density at radius 3 is 2.09 bits per heavy atom. The van der Waals surface area contributed by atoms with Gasteiger partial charge in [0.05, 0.1) is 36.9 Å². The number of cyclic esters (lactones) is 1. The van der Waals surface area contributed by atoms with Crippen molar-refractivity contribution in [3.63, 3.8) is 0 Å². The Bertz CT molecular complexity index is 1670. The van der Waals surface area contributed by atoms with E-state index in [4.69, 9.17) is 47.4 Å². The van der Waals surface area contributed by atoms with Crippen molar-refractivity contribution in [3.8, 4) is 0 Å². The smallest absolute Gasteiger partial charge is 0.309 e. The third-order valence-corrected chi connectivity index (χ3v) is 13.6. The fraction of sp³-hybridized carbons (Fsp3) is 0.840. The van der Waals surface area contributed by atoms with Gasteiger partial charge in [0.25, 0.3) is 0 Å². The van der Waals surface area contributed by atoms with Crippen molar-refractivity contribution in [1.82, 2.24) is 9.80 Å². The number of esters is 3. The molecule has 0 aromatic rings. The number of aliphatic hydroxyl groups is 2. The number of hydrogen-bond donors (Lipinski definition) is 2. The van der Waals surface area contributed by atoms with Gasteiger partial charge in [0, 0.05) is 52.2 Å². The molecule has 0 radical (unpaired) electrons. The molecular weight excluding hydrogens is 885 g/mol. The summed E-state index contributed by atoms with van der Waals surface area (Å²) < 4.78 is 62.7. The highest BCUT2D eigenvalue weighted by Crippen LogP contribution is 2.41.